The second-order valence-electron chi connectivity index (χ2n) is 5.45. The zero-order valence-corrected chi connectivity index (χ0v) is 12.4. The van der Waals surface area contributed by atoms with Gasteiger partial charge >= 0.3 is 11.8 Å². The molecule has 23 heavy (non-hydrogen) atoms. The topological polar surface area (TPSA) is 99.6 Å². The zero-order valence-electron chi connectivity index (χ0n) is 12.4. The summed E-state index contributed by atoms with van der Waals surface area (Å²) in [5, 5.41) is 0. The maximum atomic E-state index is 13.6. The number of benzene rings is 1. The van der Waals surface area contributed by atoms with Crippen molar-refractivity contribution in [3.63, 3.8) is 0 Å². The monoisotopic (exact) mass is 334 g/mol. The van der Waals surface area contributed by atoms with E-state index >= 15 is 0 Å². The number of fused-ring (bicyclic) bond motifs is 1. The van der Waals surface area contributed by atoms with Crippen LogP contribution in [0.4, 0.5) is 23.2 Å². The van der Waals surface area contributed by atoms with Gasteiger partial charge in [-0.3, -0.25) is 0 Å². The fourth-order valence-electron chi connectivity index (χ4n) is 2.13. The number of alkyl halides is 4. The fourth-order valence-corrected chi connectivity index (χ4v) is 2.13. The Morgan fingerprint density at radius 2 is 1.91 bits per heavy atom. The van der Waals surface area contributed by atoms with Crippen molar-refractivity contribution in [2.24, 2.45) is 22.2 Å². The SMILES string of the molecule is C[C@H]1Oc2ccc(C(N)CC(F)(F)C(F)(F)CN)cc2N=C1N. The molecular weight excluding hydrogens is 316 g/mol. The minimum Gasteiger partial charge on any atom is -0.481 e. The standard InChI is InChI=1S/C14H18F4N4O/c1-7-12(21)22-10-4-8(2-3-11(10)23-7)9(20)5-13(15,16)14(17,18)6-19/h2-4,7,9H,5-6,19-20H2,1H3,(H2,21,22)/t7-,9?/m1/s1. The van der Waals surface area contributed by atoms with E-state index in [2.05, 4.69) is 4.99 Å². The smallest absolute Gasteiger partial charge is 0.322 e. The molecule has 128 valence electrons. The van der Waals surface area contributed by atoms with E-state index in [9.17, 15) is 17.6 Å². The van der Waals surface area contributed by atoms with E-state index < -0.39 is 37.0 Å². The molecule has 0 saturated heterocycles. The first kappa shape index (κ1) is 17.5. The van der Waals surface area contributed by atoms with E-state index in [1.807, 2.05) is 0 Å². The van der Waals surface area contributed by atoms with Crippen molar-refractivity contribution in [1.29, 1.82) is 0 Å². The van der Waals surface area contributed by atoms with Gasteiger partial charge in [0.05, 0.1) is 6.54 Å². The van der Waals surface area contributed by atoms with Crippen LogP contribution in [0.3, 0.4) is 0 Å². The lowest BCUT2D eigenvalue weighted by atomic mass is 9.97. The van der Waals surface area contributed by atoms with E-state index in [1.165, 1.54) is 18.2 Å². The maximum absolute atomic E-state index is 13.6. The lowest BCUT2D eigenvalue weighted by molar-refractivity contribution is -0.207. The molecule has 0 aliphatic carbocycles. The molecule has 5 nitrogen and oxygen atoms in total. The Morgan fingerprint density at radius 3 is 2.52 bits per heavy atom. The molecule has 2 rings (SSSR count). The lowest BCUT2D eigenvalue weighted by Gasteiger charge is -2.28. The number of nitrogens with two attached hydrogens (primary N) is 3. The van der Waals surface area contributed by atoms with Crippen LogP contribution in [0.15, 0.2) is 23.2 Å². The van der Waals surface area contributed by atoms with Crippen LogP contribution in [0.2, 0.25) is 0 Å². The molecule has 1 aliphatic heterocycles. The summed E-state index contributed by atoms with van der Waals surface area (Å²) in [6.45, 7) is 0.250. The molecule has 0 radical (unpaired) electrons. The van der Waals surface area contributed by atoms with E-state index in [1.54, 1.807) is 6.92 Å². The third kappa shape index (κ3) is 3.40. The summed E-state index contributed by atoms with van der Waals surface area (Å²) in [5.74, 6) is -7.99. The number of hydrogen-bond acceptors (Lipinski definition) is 5. The Labute approximate surface area is 130 Å². The Hall–Kier alpha value is -1.87. The van der Waals surface area contributed by atoms with Crippen LogP contribution < -0.4 is 21.9 Å². The second kappa shape index (κ2) is 5.97. The molecule has 0 fully saturated rings. The number of halogens is 4. The Bertz CT molecular complexity index is 621. The first-order valence-corrected chi connectivity index (χ1v) is 6.93. The third-order valence-corrected chi connectivity index (χ3v) is 3.65. The van der Waals surface area contributed by atoms with Gasteiger partial charge < -0.3 is 21.9 Å². The summed E-state index contributed by atoms with van der Waals surface area (Å²) in [7, 11) is 0. The summed E-state index contributed by atoms with van der Waals surface area (Å²) in [4.78, 5) is 4.09. The van der Waals surface area contributed by atoms with Gasteiger partial charge in [-0.25, -0.2) is 4.99 Å². The molecule has 0 amide bonds. The predicted octanol–water partition coefficient (Wildman–Crippen LogP) is 2.08. The average molecular weight is 334 g/mol. The Balaban J connectivity index is 2.23. The van der Waals surface area contributed by atoms with Crippen LogP contribution in [0.25, 0.3) is 0 Å². The van der Waals surface area contributed by atoms with Gasteiger partial charge in [0.1, 0.15) is 17.3 Å². The number of rotatable bonds is 5. The third-order valence-electron chi connectivity index (χ3n) is 3.65. The first-order valence-electron chi connectivity index (χ1n) is 6.93. The molecule has 1 aromatic carbocycles. The zero-order chi connectivity index (χ0) is 17.4. The molecule has 0 saturated carbocycles. The summed E-state index contributed by atoms with van der Waals surface area (Å²) in [6.07, 6.45) is -1.65. The summed E-state index contributed by atoms with van der Waals surface area (Å²) in [6, 6.07) is 3.01. The van der Waals surface area contributed by atoms with Crippen LogP contribution in [0.5, 0.6) is 5.75 Å². The predicted molar refractivity (Wildman–Crippen MR) is 78.3 cm³/mol. The molecule has 1 aliphatic rings. The van der Waals surface area contributed by atoms with E-state index in [0.717, 1.165) is 0 Å². The molecule has 0 bridgehead atoms. The quantitative estimate of drug-likeness (QED) is 0.718. The number of ether oxygens (including phenoxy) is 1. The van der Waals surface area contributed by atoms with Crippen molar-refractivity contribution in [2.75, 3.05) is 6.54 Å². The molecule has 1 heterocycles. The highest BCUT2D eigenvalue weighted by molar-refractivity contribution is 5.89. The van der Waals surface area contributed by atoms with Crippen LogP contribution in [0.1, 0.15) is 24.9 Å². The van der Waals surface area contributed by atoms with Crippen molar-refractivity contribution in [2.45, 2.75) is 37.3 Å². The van der Waals surface area contributed by atoms with E-state index in [0.29, 0.717) is 11.4 Å². The number of nitrogens with zero attached hydrogens (tertiary/aromatic N) is 1. The van der Waals surface area contributed by atoms with E-state index in [4.69, 9.17) is 21.9 Å². The molecule has 1 aromatic rings. The first-order chi connectivity index (χ1) is 10.6. The molecule has 2 atom stereocenters. The van der Waals surface area contributed by atoms with Crippen LogP contribution in [0, 0.1) is 0 Å². The average Bonchev–Trinajstić information content (AvgIpc) is 2.47. The van der Waals surface area contributed by atoms with Gasteiger partial charge in [-0.05, 0) is 24.6 Å². The highest BCUT2D eigenvalue weighted by atomic mass is 19.3. The Kier molecular flexibility index (Phi) is 4.54. The highest BCUT2D eigenvalue weighted by Crippen LogP contribution is 2.41. The van der Waals surface area contributed by atoms with Crippen LogP contribution in [-0.4, -0.2) is 30.3 Å². The summed E-state index contributed by atoms with van der Waals surface area (Å²) >= 11 is 0. The van der Waals surface area contributed by atoms with E-state index in [-0.39, 0.29) is 11.4 Å². The minimum absolute atomic E-state index is 0.225. The number of aliphatic imine (C=N–C) groups is 1. The van der Waals surface area contributed by atoms with Crippen LogP contribution >= 0.6 is 0 Å². The fraction of sp³-hybridized carbons (Fsp3) is 0.500. The summed E-state index contributed by atoms with van der Waals surface area (Å²) < 4.78 is 59.1. The van der Waals surface area contributed by atoms with Gasteiger partial charge in [-0.15, -0.1) is 0 Å². The lowest BCUT2D eigenvalue weighted by Crippen LogP contribution is -2.47. The molecule has 6 N–H and O–H groups in total. The van der Waals surface area contributed by atoms with Gasteiger partial charge in [0.15, 0.2) is 6.10 Å². The maximum Gasteiger partial charge on any atom is 0.322 e. The van der Waals surface area contributed by atoms with Crippen molar-refractivity contribution >= 4 is 11.5 Å². The van der Waals surface area contributed by atoms with Crippen molar-refractivity contribution in [3.8, 4) is 5.75 Å². The molecule has 9 heteroatoms. The normalized spacial score (nSPS) is 19.6. The minimum atomic E-state index is -4.32. The van der Waals surface area contributed by atoms with Gasteiger partial charge in [-0.1, -0.05) is 6.07 Å². The molecule has 0 aromatic heterocycles. The second-order valence-corrected chi connectivity index (χ2v) is 5.45. The molecular formula is C14H18F4N4O. The number of hydrogen-bond donors (Lipinski definition) is 3. The molecule has 0 spiro atoms. The summed E-state index contributed by atoms with van der Waals surface area (Å²) in [5.41, 5.74) is 16.6. The van der Waals surface area contributed by atoms with Crippen molar-refractivity contribution in [1.82, 2.24) is 0 Å². The highest BCUT2D eigenvalue weighted by Gasteiger charge is 2.55. The van der Waals surface area contributed by atoms with Crippen molar-refractivity contribution in [3.05, 3.63) is 23.8 Å². The van der Waals surface area contributed by atoms with Gasteiger partial charge in [0, 0.05) is 12.5 Å². The Morgan fingerprint density at radius 1 is 1.26 bits per heavy atom. The largest absolute Gasteiger partial charge is 0.481 e. The number of amidine groups is 1. The van der Waals surface area contributed by atoms with Crippen LogP contribution in [-0.2, 0) is 0 Å². The molecule has 1 unspecified atom stereocenters. The van der Waals surface area contributed by atoms with Gasteiger partial charge in [0.25, 0.3) is 0 Å². The van der Waals surface area contributed by atoms with Crippen molar-refractivity contribution < 1.29 is 22.3 Å². The van der Waals surface area contributed by atoms with Gasteiger partial charge in [-0.2, -0.15) is 17.6 Å². The van der Waals surface area contributed by atoms with Gasteiger partial charge in [0.2, 0.25) is 0 Å².